The Hall–Kier alpha value is -2.34. The maximum Gasteiger partial charge on any atom is 0.319 e. The van der Waals surface area contributed by atoms with E-state index in [9.17, 15) is 19.8 Å². The molecule has 1 aromatic heterocycles. The number of phenols is 1. The number of halogens is 1. The minimum atomic E-state index is -1.42. The first-order chi connectivity index (χ1) is 11.2. The molecule has 1 aliphatic rings. The maximum atomic E-state index is 12.4. The molecular formula is C17H17ClN2O4. The van der Waals surface area contributed by atoms with Gasteiger partial charge in [0.15, 0.2) is 5.41 Å². The summed E-state index contributed by atoms with van der Waals surface area (Å²) < 4.78 is 0. The molecule has 1 atom stereocenters. The number of carboxylic acid groups (broad SMARTS) is 1. The third kappa shape index (κ3) is 2.29. The number of aliphatic carboxylic acids is 1. The summed E-state index contributed by atoms with van der Waals surface area (Å²) in [4.78, 5) is 28.0. The van der Waals surface area contributed by atoms with Gasteiger partial charge in [0.05, 0.1) is 5.02 Å². The van der Waals surface area contributed by atoms with Crippen LogP contribution in [0.15, 0.2) is 24.4 Å². The molecule has 0 radical (unpaired) electrons. The number of nitrogens with zero attached hydrogens (tertiary/aromatic N) is 1. The van der Waals surface area contributed by atoms with Crippen molar-refractivity contribution in [2.45, 2.75) is 26.8 Å². The largest absolute Gasteiger partial charge is 0.505 e. The van der Waals surface area contributed by atoms with Crippen molar-refractivity contribution in [2.75, 3.05) is 0 Å². The number of benzene rings is 1. The van der Waals surface area contributed by atoms with Gasteiger partial charge in [-0.05, 0) is 30.0 Å². The minimum Gasteiger partial charge on any atom is -0.505 e. The summed E-state index contributed by atoms with van der Waals surface area (Å²) in [7, 11) is 0. The average Bonchev–Trinajstić information content (AvgIpc) is 3.13. The molecule has 6 nitrogen and oxygen atoms in total. The fraction of sp³-hybridized carbons (Fsp3) is 0.353. The lowest BCUT2D eigenvalue weighted by Crippen LogP contribution is -2.39. The third-order valence-electron chi connectivity index (χ3n) is 4.82. The Morgan fingerprint density at radius 3 is 2.67 bits per heavy atom. The van der Waals surface area contributed by atoms with Crippen molar-refractivity contribution < 1.29 is 19.8 Å². The molecular weight excluding hydrogens is 332 g/mol. The molecule has 126 valence electrons. The number of aromatic hydroxyl groups is 1. The van der Waals surface area contributed by atoms with Crippen LogP contribution in [0.1, 0.15) is 25.8 Å². The van der Waals surface area contributed by atoms with Gasteiger partial charge in [0.1, 0.15) is 11.3 Å². The number of aromatic nitrogens is 1. The zero-order chi connectivity index (χ0) is 17.7. The normalized spacial score (nSPS) is 21.5. The molecule has 1 heterocycles. The van der Waals surface area contributed by atoms with Gasteiger partial charge < -0.3 is 15.5 Å². The number of amides is 1. The number of pyridine rings is 1. The van der Waals surface area contributed by atoms with Crippen molar-refractivity contribution in [1.29, 1.82) is 0 Å². The van der Waals surface area contributed by atoms with E-state index >= 15 is 0 Å². The molecule has 1 saturated carbocycles. The topological polar surface area (TPSA) is 99.5 Å². The highest BCUT2D eigenvalue weighted by Crippen LogP contribution is 2.63. The van der Waals surface area contributed by atoms with Crippen LogP contribution in [0.2, 0.25) is 5.02 Å². The van der Waals surface area contributed by atoms with Crippen molar-refractivity contribution in [1.82, 2.24) is 10.3 Å². The summed E-state index contributed by atoms with van der Waals surface area (Å²) in [6.45, 7) is 3.46. The molecule has 1 amide bonds. The Balaban J connectivity index is 1.86. The lowest BCUT2D eigenvalue weighted by atomic mass is 9.95. The van der Waals surface area contributed by atoms with E-state index in [1.807, 2.05) is 0 Å². The Morgan fingerprint density at radius 1 is 1.42 bits per heavy atom. The van der Waals surface area contributed by atoms with Gasteiger partial charge >= 0.3 is 5.97 Å². The van der Waals surface area contributed by atoms with Gasteiger partial charge in [-0.25, -0.2) is 0 Å². The number of nitrogens with one attached hydrogen (secondary N) is 1. The number of hydrogen-bond acceptors (Lipinski definition) is 4. The Morgan fingerprint density at radius 2 is 2.08 bits per heavy atom. The van der Waals surface area contributed by atoms with Crippen LogP contribution >= 0.6 is 11.6 Å². The SMILES string of the molecule is CC1(C)CC1(C(=O)O)C(=O)NCc1cc(Cl)c2cccnc2c1O. The smallest absolute Gasteiger partial charge is 0.319 e. The van der Waals surface area contributed by atoms with E-state index in [1.54, 1.807) is 32.0 Å². The molecule has 3 N–H and O–H groups in total. The highest BCUT2D eigenvalue weighted by molar-refractivity contribution is 6.35. The van der Waals surface area contributed by atoms with E-state index in [1.165, 1.54) is 6.20 Å². The molecule has 0 saturated heterocycles. The quantitative estimate of drug-likeness (QED) is 0.738. The van der Waals surface area contributed by atoms with Crippen molar-refractivity contribution >= 4 is 34.4 Å². The van der Waals surface area contributed by atoms with Crippen LogP contribution in [0.3, 0.4) is 0 Å². The van der Waals surface area contributed by atoms with Gasteiger partial charge in [0, 0.05) is 23.7 Å². The highest BCUT2D eigenvalue weighted by atomic mass is 35.5. The number of carbonyl (C=O) groups is 2. The summed E-state index contributed by atoms with van der Waals surface area (Å²) in [5.74, 6) is -1.76. The van der Waals surface area contributed by atoms with E-state index in [0.29, 0.717) is 21.5 Å². The monoisotopic (exact) mass is 348 g/mol. The summed E-state index contributed by atoms with van der Waals surface area (Å²) in [5.41, 5.74) is -1.28. The first-order valence-electron chi connectivity index (χ1n) is 7.47. The third-order valence-corrected chi connectivity index (χ3v) is 5.14. The predicted octanol–water partition coefficient (Wildman–Crippen LogP) is 2.71. The molecule has 2 aromatic rings. The zero-order valence-corrected chi connectivity index (χ0v) is 14.0. The van der Waals surface area contributed by atoms with Gasteiger partial charge in [-0.3, -0.25) is 14.6 Å². The van der Waals surface area contributed by atoms with E-state index in [0.717, 1.165) is 0 Å². The fourth-order valence-corrected chi connectivity index (χ4v) is 3.45. The van der Waals surface area contributed by atoms with E-state index < -0.39 is 22.7 Å². The average molecular weight is 349 g/mol. The summed E-state index contributed by atoms with van der Waals surface area (Å²) in [5, 5.41) is 23.4. The second kappa shape index (κ2) is 5.34. The maximum absolute atomic E-state index is 12.4. The number of fused-ring (bicyclic) bond motifs is 1. The predicted molar refractivity (Wildman–Crippen MR) is 88.7 cm³/mol. The second-order valence-electron chi connectivity index (χ2n) is 6.72. The van der Waals surface area contributed by atoms with Crippen LogP contribution < -0.4 is 5.32 Å². The fourth-order valence-electron chi connectivity index (χ4n) is 3.17. The van der Waals surface area contributed by atoms with Crippen LogP contribution in [0.5, 0.6) is 5.75 Å². The van der Waals surface area contributed by atoms with E-state index in [-0.39, 0.29) is 18.7 Å². The molecule has 0 spiro atoms. The summed E-state index contributed by atoms with van der Waals surface area (Å²) >= 11 is 6.19. The van der Waals surface area contributed by atoms with Gasteiger partial charge in [0.25, 0.3) is 0 Å². The van der Waals surface area contributed by atoms with Crippen LogP contribution in [-0.2, 0) is 16.1 Å². The molecule has 7 heteroatoms. The minimum absolute atomic E-state index is 0.0258. The van der Waals surface area contributed by atoms with Crippen LogP contribution in [0.25, 0.3) is 10.9 Å². The molecule has 24 heavy (non-hydrogen) atoms. The molecule has 1 aliphatic carbocycles. The first-order valence-corrected chi connectivity index (χ1v) is 7.85. The molecule has 0 aliphatic heterocycles. The van der Waals surface area contributed by atoms with Crippen molar-refractivity contribution in [3.8, 4) is 5.75 Å². The molecule has 3 rings (SSSR count). The Bertz CT molecular complexity index is 865. The van der Waals surface area contributed by atoms with Crippen molar-refractivity contribution in [2.24, 2.45) is 10.8 Å². The van der Waals surface area contributed by atoms with Crippen LogP contribution in [0.4, 0.5) is 0 Å². The molecule has 1 fully saturated rings. The number of carbonyl (C=O) groups excluding carboxylic acids is 1. The number of carboxylic acids is 1. The second-order valence-corrected chi connectivity index (χ2v) is 7.13. The van der Waals surface area contributed by atoms with Gasteiger partial charge in [0.2, 0.25) is 5.91 Å². The highest BCUT2D eigenvalue weighted by Gasteiger charge is 2.71. The van der Waals surface area contributed by atoms with E-state index in [4.69, 9.17) is 11.6 Å². The number of rotatable bonds is 4. The lowest BCUT2D eigenvalue weighted by molar-refractivity contribution is -0.150. The van der Waals surface area contributed by atoms with Gasteiger partial charge in [-0.15, -0.1) is 0 Å². The summed E-state index contributed by atoms with van der Waals surface area (Å²) in [6, 6.07) is 4.99. The summed E-state index contributed by atoms with van der Waals surface area (Å²) in [6.07, 6.45) is 1.82. The first kappa shape index (κ1) is 16.5. The Kier molecular flexibility index (Phi) is 3.68. The van der Waals surface area contributed by atoms with E-state index in [2.05, 4.69) is 10.3 Å². The number of hydrogen-bond donors (Lipinski definition) is 3. The molecule has 1 aromatic carbocycles. The van der Waals surface area contributed by atoms with Gasteiger partial charge in [-0.1, -0.05) is 25.4 Å². The van der Waals surface area contributed by atoms with Gasteiger partial charge in [-0.2, -0.15) is 0 Å². The number of phenolic OH excluding ortho intramolecular Hbond substituents is 1. The Labute approximate surface area is 143 Å². The van der Waals surface area contributed by atoms with Crippen molar-refractivity contribution in [3.05, 3.63) is 35.0 Å². The van der Waals surface area contributed by atoms with Crippen LogP contribution in [0, 0.1) is 10.8 Å². The molecule has 0 bridgehead atoms. The zero-order valence-electron chi connectivity index (χ0n) is 13.3. The van der Waals surface area contributed by atoms with Crippen molar-refractivity contribution in [3.63, 3.8) is 0 Å². The standard InChI is InChI=1S/C17H17ClN2O4/c1-16(2)8-17(16,15(23)24)14(22)20-7-9-6-11(18)10-4-3-5-19-12(10)13(9)21/h3-6,21H,7-8H2,1-2H3,(H,20,22)(H,23,24). The molecule has 1 unspecified atom stereocenters. The lowest BCUT2D eigenvalue weighted by Gasteiger charge is -2.16. The van der Waals surface area contributed by atoms with Crippen LogP contribution in [-0.4, -0.2) is 27.1 Å².